The molecule has 0 amide bonds. The molecule has 0 aliphatic carbocycles. The van der Waals surface area contributed by atoms with Crippen LogP contribution in [-0.2, 0) is 16.4 Å². The maximum Gasteiger partial charge on any atom is 0.273 e. The van der Waals surface area contributed by atoms with E-state index in [-0.39, 0.29) is 9.79 Å². The molecule has 2 heterocycles. The van der Waals surface area contributed by atoms with Crippen LogP contribution in [0.3, 0.4) is 0 Å². The molecular formula is C13H10N2O3S2. The Morgan fingerprint density at radius 1 is 1.25 bits per heavy atom. The van der Waals surface area contributed by atoms with E-state index < -0.39 is 15.4 Å². The number of fused-ring (bicyclic) bond motifs is 1. The van der Waals surface area contributed by atoms with Crippen LogP contribution in [0.25, 0.3) is 0 Å². The molecule has 0 saturated heterocycles. The Morgan fingerprint density at radius 3 is 2.65 bits per heavy atom. The molecular weight excluding hydrogens is 296 g/mol. The minimum atomic E-state index is -3.84. The largest absolute Gasteiger partial charge is 0.281 e. The van der Waals surface area contributed by atoms with Crippen LogP contribution < -0.4 is 5.56 Å². The third kappa shape index (κ3) is 1.99. The molecule has 0 radical (unpaired) electrons. The molecule has 0 fully saturated rings. The van der Waals surface area contributed by atoms with Gasteiger partial charge in [-0.25, -0.2) is 13.4 Å². The van der Waals surface area contributed by atoms with E-state index in [1.165, 1.54) is 28.5 Å². The number of sulfone groups is 1. The van der Waals surface area contributed by atoms with Gasteiger partial charge in [0.15, 0.2) is 10.1 Å². The summed E-state index contributed by atoms with van der Waals surface area (Å²) in [5, 5.41) is 0.479. The van der Waals surface area contributed by atoms with Gasteiger partial charge >= 0.3 is 0 Å². The van der Waals surface area contributed by atoms with Crippen molar-refractivity contribution in [1.82, 2.24) is 9.55 Å². The summed E-state index contributed by atoms with van der Waals surface area (Å²) in [6.07, 6.45) is 1.13. The van der Waals surface area contributed by atoms with Crippen LogP contribution in [0.1, 0.15) is 0 Å². The summed E-state index contributed by atoms with van der Waals surface area (Å²) in [7, 11) is -3.84. The van der Waals surface area contributed by atoms with Crippen LogP contribution >= 0.6 is 11.8 Å². The van der Waals surface area contributed by atoms with E-state index in [9.17, 15) is 13.2 Å². The zero-order valence-electron chi connectivity index (χ0n) is 10.3. The average Bonchev–Trinajstić information content (AvgIpc) is 2.81. The minimum Gasteiger partial charge on any atom is -0.281 e. The first-order chi connectivity index (χ1) is 9.50. The van der Waals surface area contributed by atoms with E-state index in [1.54, 1.807) is 18.2 Å². The normalized spacial score (nSPS) is 14.3. The number of thioether (sulfide) groups is 1. The number of rotatable bonds is 2. The molecule has 0 bridgehead atoms. The maximum absolute atomic E-state index is 12.5. The standard InChI is InChI=1S/C13H10N2O3S2/c1-9-8-15-12(16)11(7-14-13(15)19-9)20(17,18)10-5-3-2-4-6-10/h2-7H,1,8H2. The molecule has 2 aromatic rings. The van der Waals surface area contributed by atoms with Gasteiger partial charge in [0.2, 0.25) is 9.84 Å². The molecule has 3 rings (SSSR count). The topological polar surface area (TPSA) is 69.0 Å². The molecule has 20 heavy (non-hydrogen) atoms. The fraction of sp³-hybridized carbons (Fsp3) is 0.0769. The average molecular weight is 306 g/mol. The number of benzene rings is 1. The molecule has 0 atom stereocenters. The summed E-state index contributed by atoms with van der Waals surface area (Å²) in [6, 6.07) is 7.86. The second-order valence-electron chi connectivity index (χ2n) is 4.25. The lowest BCUT2D eigenvalue weighted by Crippen LogP contribution is -2.26. The molecule has 0 spiro atoms. The summed E-state index contributed by atoms with van der Waals surface area (Å²) in [4.78, 5) is 16.9. The van der Waals surface area contributed by atoms with Crippen LogP contribution in [0.4, 0.5) is 0 Å². The van der Waals surface area contributed by atoms with Crippen LogP contribution in [0, 0.1) is 0 Å². The fourth-order valence-electron chi connectivity index (χ4n) is 1.93. The number of hydrogen-bond acceptors (Lipinski definition) is 5. The molecule has 1 aromatic carbocycles. The summed E-state index contributed by atoms with van der Waals surface area (Å²) in [5.74, 6) is 0. The molecule has 1 aliphatic rings. The number of nitrogens with zero attached hydrogens (tertiary/aromatic N) is 2. The SMILES string of the molecule is C=C1Cn2c(ncc(S(=O)(=O)c3ccccc3)c2=O)S1. The minimum absolute atomic E-state index is 0.0870. The zero-order chi connectivity index (χ0) is 14.3. The van der Waals surface area contributed by atoms with Gasteiger partial charge in [0.05, 0.1) is 17.6 Å². The van der Waals surface area contributed by atoms with Gasteiger partial charge in [-0.1, -0.05) is 36.5 Å². The molecule has 102 valence electrons. The van der Waals surface area contributed by atoms with Gasteiger partial charge in [0.1, 0.15) is 0 Å². The smallest absolute Gasteiger partial charge is 0.273 e. The summed E-state index contributed by atoms with van der Waals surface area (Å²) < 4.78 is 26.2. The van der Waals surface area contributed by atoms with Crippen molar-refractivity contribution in [2.75, 3.05) is 0 Å². The summed E-state index contributed by atoms with van der Waals surface area (Å²) >= 11 is 1.28. The Labute approximate surface area is 119 Å². The van der Waals surface area contributed by atoms with E-state index in [1.807, 2.05) is 0 Å². The fourth-order valence-corrected chi connectivity index (χ4v) is 4.04. The molecule has 1 aromatic heterocycles. The van der Waals surface area contributed by atoms with Crippen LogP contribution in [0.5, 0.6) is 0 Å². The van der Waals surface area contributed by atoms with Crippen molar-refractivity contribution in [3.05, 3.63) is 58.4 Å². The van der Waals surface area contributed by atoms with Gasteiger partial charge in [0, 0.05) is 4.91 Å². The van der Waals surface area contributed by atoms with Gasteiger partial charge < -0.3 is 0 Å². The zero-order valence-corrected chi connectivity index (χ0v) is 11.9. The maximum atomic E-state index is 12.5. The molecule has 7 heteroatoms. The molecule has 0 unspecified atom stereocenters. The van der Waals surface area contributed by atoms with Crippen LogP contribution in [0.2, 0.25) is 0 Å². The second kappa shape index (κ2) is 4.60. The van der Waals surface area contributed by atoms with Crippen molar-refractivity contribution in [3.8, 4) is 0 Å². The third-order valence-corrected chi connectivity index (χ3v) is 5.57. The summed E-state index contributed by atoms with van der Waals surface area (Å²) in [6.45, 7) is 4.07. The van der Waals surface area contributed by atoms with E-state index in [4.69, 9.17) is 0 Å². The van der Waals surface area contributed by atoms with Gasteiger partial charge in [-0.2, -0.15) is 0 Å². The Balaban J connectivity index is 2.21. The van der Waals surface area contributed by atoms with E-state index >= 15 is 0 Å². The van der Waals surface area contributed by atoms with Gasteiger partial charge in [0.25, 0.3) is 5.56 Å². The quantitative estimate of drug-likeness (QED) is 0.790. The molecule has 0 saturated carbocycles. The summed E-state index contributed by atoms with van der Waals surface area (Å²) in [5.41, 5.74) is -0.551. The second-order valence-corrected chi connectivity index (χ2v) is 7.32. The Kier molecular flexibility index (Phi) is 3.02. The monoisotopic (exact) mass is 306 g/mol. The Hall–Kier alpha value is -1.86. The van der Waals surface area contributed by atoms with Crippen molar-refractivity contribution in [2.45, 2.75) is 21.5 Å². The van der Waals surface area contributed by atoms with Crippen molar-refractivity contribution in [2.24, 2.45) is 0 Å². The van der Waals surface area contributed by atoms with Crippen LogP contribution in [-0.4, -0.2) is 18.0 Å². The molecule has 1 aliphatic heterocycles. The van der Waals surface area contributed by atoms with Gasteiger partial charge in [-0.3, -0.25) is 9.36 Å². The Morgan fingerprint density at radius 2 is 1.95 bits per heavy atom. The lowest BCUT2D eigenvalue weighted by molar-refractivity contribution is 0.585. The third-order valence-electron chi connectivity index (χ3n) is 2.89. The van der Waals surface area contributed by atoms with E-state index in [2.05, 4.69) is 11.6 Å². The number of hydrogen-bond donors (Lipinski definition) is 0. The lowest BCUT2D eigenvalue weighted by atomic mass is 10.4. The highest BCUT2D eigenvalue weighted by atomic mass is 32.2. The van der Waals surface area contributed by atoms with Crippen molar-refractivity contribution in [3.63, 3.8) is 0 Å². The molecule has 0 N–H and O–H groups in total. The van der Waals surface area contributed by atoms with Gasteiger partial charge in [-0.05, 0) is 12.1 Å². The van der Waals surface area contributed by atoms with Gasteiger partial charge in [-0.15, -0.1) is 0 Å². The predicted octanol–water partition coefficient (Wildman–Crippen LogP) is 1.70. The number of allylic oxidation sites excluding steroid dienone is 1. The number of aromatic nitrogens is 2. The van der Waals surface area contributed by atoms with Crippen molar-refractivity contribution >= 4 is 21.6 Å². The highest BCUT2D eigenvalue weighted by molar-refractivity contribution is 8.03. The van der Waals surface area contributed by atoms with Crippen molar-refractivity contribution in [1.29, 1.82) is 0 Å². The first kappa shape index (κ1) is 13.1. The molecule has 5 nitrogen and oxygen atoms in total. The first-order valence-corrected chi connectivity index (χ1v) is 8.06. The predicted molar refractivity (Wildman–Crippen MR) is 75.4 cm³/mol. The van der Waals surface area contributed by atoms with Crippen LogP contribution in [0.15, 0.2) is 67.8 Å². The Bertz CT molecular complexity index is 855. The van der Waals surface area contributed by atoms with E-state index in [0.717, 1.165) is 11.1 Å². The highest BCUT2D eigenvalue weighted by Gasteiger charge is 2.26. The highest BCUT2D eigenvalue weighted by Crippen LogP contribution is 2.31. The first-order valence-electron chi connectivity index (χ1n) is 5.76. The van der Waals surface area contributed by atoms with Crippen molar-refractivity contribution < 1.29 is 8.42 Å². The lowest BCUT2D eigenvalue weighted by Gasteiger charge is -2.06. The van der Waals surface area contributed by atoms with E-state index in [0.29, 0.717) is 11.7 Å².